The minimum atomic E-state index is -0.316. The Morgan fingerprint density at radius 1 is 1.25 bits per heavy atom. The van der Waals surface area contributed by atoms with Crippen LogP contribution in [0.15, 0.2) is 46.3 Å². The molecule has 2 aliphatic rings. The second-order valence-corrected chi connectivity index (χ2v) is 7.57. The van der Waals surface area contributed by atoms with E-state index in [0.717, 1.165) is 54.4 Å². The Bertz CT molecular complexity index is 902. The number of benzene rings is 1. The molecule has 0 N–H and O–H groups in total. The molecular formula is C22H26FN2O3. The Balaban J connectivity index is 1.67. The highest BCUT2D eigenvalue weighted by Crippen LogP contribution is 2.40. The van der Waals surface area contributed by atoms with Gasteiger partial charge in [0.1, 0.15) is 23.4 Å². The summed E-state index contributed by atoms with van der Waals surface area (Å²) in [5.74, 6) is 0.576. The van der Waals surface area contributed by atoms with Gasteiger partial charge in [-0.15, -0.1) is 0 Å². The van der Waals surface area contributed by atoms with Gasteiger partial charge in [0.05, 0.1) is 25.0 Å². The molecule has 6 heteroatoms. The lowest BCUT2D eigenvalue weighted by Gasteiger charge is -2.39. The second-order valence-electron chi connectivity index (χ2n) is 7.57. The summed E-state index contributed by atoms with van der Waals surface area (Å²) in [7, 11) is 1.70. The van der Waals surface area contributed by atoms with Crippen LogP contribution in [0.5, 0.6) is 0 Å². The number of ether oxygens (including phenoxy) is 2. The number of nitrogens with zero attached hydrogens (tertiary/aromatic N) is 2. The van der Waals surface area contributed by atoms with Crippen LogP contribution in [0.4, 0.5) is 4.39 Å². The van der Waals surface area contributed by atoms with Crippen molar-refractivity contribution in [3.63, 3.8) is 0 Å². The highest BCUT2D eigenvalue weighted by molar-refractivity contribution is 5.79. The molecular weight excluding hydrogens is 359 g/mol. The third-order valence-corrected chi connectivity index (χ3v) is 5.27. The van der Waals surface area contributed by atoms with Crippen LogP contribution in [-0.4, -0.2) is 29.8 Å². The SMILES string of the molecule is COC1=C(N2CCCCC2c2noc3cc(F)ccc23)C=C[C](OC(C)C)C1. The molecule has 28 heavy (non-hydrogen) atoms. The van der Waals surface area contributed by atoms with Gasteiger partial charge in [-0.1, -0.05) is 5.16 Å². The minimum Gasteiger partial charge on any atom is -0.499 e. The lowest BCUT2D eigenvalue weighted by molar-refractivity contribution is 0.0895. The van der Waals surface area contributed by atoms with Crippen molar-refractivity contribution in [2.75, 3.05) is 13.7 Å². The summed E-state index contributed by atoms with van der Waals surface area (Å²) < 4.78 is 30.6. The van der Waals surface area contributed by atoms with E-state index in [1.165, 1.54) is 12.1 Å². The third kappa shape index (κ3) is 3.65. The summed E-state index contributed by atoms with van der Waals surface area (Å²) in [6, 6.07) is 4.68. The van der Waals surface area contributed by atoms with Gasteiger partial charge in [0, 0.05) is 24.4 Å². The van der Waals surface area contributed by atoms with E-state index in [2.05, 4.69) is 16.1 Å². The molecule has 1 fully saturated rings. The molecule has 149 valence electrons. The number of allylic oxidation sites excluding steroid dienone is 1. The van der Waals surface area contributed by atoms with Crippen LogP contribution in [0.25, 0.3) is 11.0 Å². The number of methoxy groups -OCH3 is 1. The van der Waals surface area contributed by atoms with E-state index < -0.39 is 0 Å². The van der Waals surface area contributed by atoms with Crippen LogP contribution < -0.4 is 0 Å². The van der Waals surface area contributed by atoms with Crippen molar-refractivity contribution < 1.29 is 18.4 Å². The summed E-state index contributed by atoms with van der Waals surface area (Å²) in [6.07, 6.45) is 8.95. The number of fused-ring (bicyclic) bond motifs is 1. The molecule has 1 aromatic carbocycles. The maximum atomic E-state index is 13.5. The molecule has 5 nitrogen and oxygen atoms in total. The van der Waals surface area contributed by atoms with E-state index in [4.69, 9.17) is 14.0 Å². The molecule has 1 saturated heterocycles. The largest absolute Gasteiger partial charge is 0.499 e. The molecule has 0 spiro atoms. The van der Waals surface area contributed by atoms with Crippen molar-refractivity contribution in [1.82, 2.24) is 10.1 Å². The Morgan fingerprint density at radius 3 is 2.89 bits per heavy atom. The fraction of sp³-hybridized carbons (Fsp3) is 0.455. The predicted octanol–water partition coefficient (Wildman–Crippen LogP) is 5.27. The van der Waals surface area contributed by atoms with Crippen molar-refractivity contribution in [3.8, 4) is 0 Å². The van der Waals surface area contributed by atoms with E-state index >= 15 is 0 Å². The zero-order valence-electron chi connectivity index (χ0n) is 16.6. The maximum Gasteiger partial charge on any atom is 0.170 e. The summed E-state index contributed by atoms with van der Waals surface area (Å²) >= 11 is 0. The molecule has 1 aliphatic heterocycles. The van der Waals surface area contributed by atoms with Crippen LogP contribution >= 0.6 is 0 Å². The first kappa shape index (κ1) is 19.0. The summed E-state index contributed by atoms with van der Waals surface area (Å²) in [4.78, 5) is 2.34. The van der Waals surface area contributed by atoms with Crippen LogP contribution in [-0.2, 0) is 9.47 Å². The molecule has 1 atom stereocenters. The number of hydrogen-bond acceptors (Lipinski definition) is 5. The molecule has 1 aromatic heterocycles. The highest BCUT2D eigenvalue weighted by atomic mass is 19.1. The van der Waals surface area contributed by atoms with Crippen LogP contribution in [0.3, 0.4) is 0 Å². The minimum absolute atomic E-state index is 0.0674. The zero-order valence-corrected chi connectivity index (χ0v) is 16.6. The molecule has 2 heterocycles. The van der Waals surface area contributed by atoms with Crippen molar-refractivity contribution >= 4 is 11.0 Å². The van der Waals surface area contributed by atoms with E-state index in [-0.39, 0.29) is 18.0 Å². The molecule has 1 aliphatic carbocycles. The fourth-order valence-electron chi connectivity index (χ4n) is 4.06. The monoisotopic (exact) mass is 385 g/mol. The number of hydrogen-bond donors (Lipinski definition) is 0. The number of likely N-dealkylation sites (tertiary alicyclic amines) is 1. The van der Waals surface area contributed by atoms with Gasteiger partial charge in [0.25, 0.3) is 0 Å². The first-order valence-electron chi connectivity index (χ1n) is 9.86. The van der Waals surface area contributed by atoms with E-state index in [0.29, 0.717) is 12.0 Å². The Labute approximate surface area is 164 Å². The Hall–Kier alpha value is -2.34. The standard InChI is InChI=1S/C22H26FN2O3/c1-14(2)27-16-8-10-18(21(13-16)26-3)25-11-5-4-6-19(25)22-17-9-7-15(23)12-20(17)28-24-22/h7-10,12,14,19H,4-6,11,13H2,1-3H3. The Morgan fingerprint density at radius 2 is 2.11 bits per heavy atom. The zero-order chi connectivity index (χ0) is 19.7. The van der Waals surface area contributed by atoms with Crippen molar-refractivity contribution in [3.05, 3.63) is 59.4 Å². The van der Waals surface area contributed by atoms with Crippen LogP contribution in [0.2, 0.25) is 0 Å². The topological polar surface area (TPSA) is 47.7 Å². The van der Waals surface area contributed by atoms with Crippen molar-refractivity contribution in [2.45, 2.75) is 51.7 Å². The molecule has 0 saturated carbocycles. The van der Waals surface area contributed by atoms with Gasteiger partial charge in [-0.25, -0.2) is 4.39 Å². The third-order valence-electron chi connectivity index (χ3n) is 5.27. The number of piperidine rings is 1. The fourth-order valence-corrected chi connectivity index (χ4v) is 4.06. The summed E-state index contributed by atoms with van der Waals surface area (Å²) in [5, 5.41) is 5.18. The van der Waals surface area contributed by atoms with E-state index in [1.807, 2.05) is 19.9 Å². The maximum absolute atomic E-state index is 13.5. The van der Waals surface area contributed by atoms with E-state index in [1.54, 1.807) is 13.2 Å². The number of rotatable bonds is 5. The first-order chi connectivity index (χ1) is 13.6. The number of halogens is 1. The quantitative estimate of drug-likeness (QED) is 0.702. The summed E-state index contributed by atoms with van der Waals surface area (Å²) in [5.41, 5.74) is 2.41. The average molecular weight is 385 g/mol. The van der Waals surface area contributed by atoms with Crippen molar-refractivity contribution in [2.24, 2.45) is 0 Å². The van der Waals surface area contributed by atoms with Gasteiger partial charge >= 0.3 is 0 Å². The van der Waals surface area contributed by atoms with Gasteiger partial charge in [-0.05, 0) is 57.4 Å². The molecule has 0 amide bonds. The molecule has 2 aromatic rings. The van der Waals surface area contributed by atoms with Gasteiger partial charge in [-0.3, -0.25) is 0 Å². The predicted molar refractivity (Wildman–Crippen MR) is 105 cm³/mol. The first-order valence-corrected chi connectivity index (χ1v) is 9.86. The van der Waals surface area contributed by atoms with Gasteiger partial charge < -0.3 is 18.9 Å². The second kappa shape index (κ2) is 7.95. The highest BCUT2D eigenvalue weighted by Gasteiger charge is 2.32. The lowest BCUT2D eigenvalue weighted by Crippen LogP contribution is -2.34. The van der Waals surface area contributed by atoms with E-state index in [9.17, 15) is 4.39 Å². The van der Waals surface area contributed by atoms with Crippen molar-refractivity contribution in [1.29, 1.82) is 0 Å². The van der Waals surface area contributed by atoms with Crippen LogP contribution in [0.1, 0.15) is 51.3 Å². The molecule has 0 bridgehead atoms. The van der Waals surface area contributed by atoms with Crippen LogP contribution in [0, 0.1) is 11.9 Å². The average Bonchev–Trinajstić information content (AvgIpc) is 3.10. The molecule has 1 radical (unpaired) electrons. The molecule has 1 unspecified atom stereocenters. The summed E-state index contributed by atoms with van der Waals surface area (Å²) in [6.45, 7) is 4.95. The van der Waals surface area contributed by atoms with Gasteiger partial charge in [-0.2, -0.15) is 0 Å². The molecule has 4 rings (SSSR count). The van der Waals surface area contributed by atoms with Gasteiger partial charge in [0.2, 0.25) is 0 Å². The smallest absolute Gasteiger partial charge is 0.170 e. The lowest BCUT2D eigenvalue weighted by atomic mass is 9.94. The van der Waals surface area contributed by atoms with Gasteiger partial charge in [0.15, 0.2) is 5.58 Å². The number of aromatic nitrogens is 1. The Kier molecular flexibility index (Phi) is 5.40. The normalized spacial score (nSPS) is 21.2.